The highest BCUT2D eigenvalue weighted by atomic mass is 16.6. The third-order valence-electron chi connectivity index (χ3n) is 6.72. The summed E-state index contributed by atoms with van der Waals surface area (Å²) in [6, 6.07) is 11.7. The first-order valence-corrected chi connectivity index (χ1v) is 12.2. The predicted octanol–water partition coefficient (Wildman–Crippen LogP) is 3.37. The van der Waals surface area contributed by atoms with Crippen molar-refractivity contribution in [2.24, 2.45) is 0 Å². The van der Waals surface area contributed by atoms with Crippen molar-refractivity contribution in [3.63, 3.8) is 0 Å². The van der Waals surface area contributed by atoms with Crippen LogP contribution in [0.3, 0.4) is 0 Å². The summed E-state index contributed by atoms with van der Waals surface area (Å²) in [5.74, 6) is 0.294. The van der Waals surface area contributed by atoms with Gasteiger partial charge in [-0.2, -0.15) is 0 Å². The molecule has 0 bridgehead atoms. The molecular weight excluding hydrogens is 448 g/mol. The van der Waals surface area contributed by atoms with Crippen LogP contribution < -0.4 is 14.2 Å². The van der Waals surface area contributed by atoms with Crippen LogP contribution in [-0.4, -0.2) is 72.6 Å². The standard InChI is InChI=1S/C27H30N2O6/c1-2-33-20-8-5-18(6-9-20)24-23(25(30)19-7-10-21-22(17-19)35-16-15-34-21)26(31)27(32)29(24)14-13-28-11-3-4-12-28/h5-10,17,24,30H,2-4,11-16H2,1H3/b25-23+. The Hall–Kier alpha value is -3.52. The molecule has 35 heavy (non-hydrogen) atoms. The lowest BCUT2D eigenvalue weighted by atomic mass is 9.95. The molecule has 0 saturated carbocycles. The third-order valence-corrected chi connectivity index (χ3v) is 6.72. The fraction of sp³-hybridized carbons (Fsp3) is 0.407. The number of hydrogen-bond acceptors (Lipinski definition) is 7. The smallest absolute Gasteiger partial charge is 0.295 e. The molecule has 5 rings (SSSR count). The topological polar surface area (TPSA) is 88.5 Å². The van der Waals surface area contributed by atoms with Crippen LogP contribution in [0.15, 0.2) is 48.0 Å². The summed E-state index contributed by atoms with van der Waals surface area (Å²) in [7, 11) is 0. The number of rotatable bonds is 7. The molecule has 2 aromatic carbocycles. The fourth-order valence-electron chi connectivity index (χ4n) is 4.97. The van der Waals surface area contributed by atoms with Crippen LogP contribution in [0.25, 0.3) is 5.76 Å². The molecule has 0 aliphatic carbocycles. The minimum absolute atomic E-state index is 0.0808. The minimum Gasteiger partial charge on any atom is -0.507 e. The molecule has 3 heterocycles. The number of benzene rings is 2. The highest BCUT2D eigenvalue weighted by Crippen LogP contribution is 2.41. The van der Waals surface area contributed by atoms with Crippen molar-refractivity contribution >= 4 is 17.4 Å². The Balaban J connectivity index is 1.54. The highest BCUT2D eigenvalue weighted by molar-refractivity contribution is 6.46. The Morgan fingerprint density at radius 2 is 1.71 bits per heavy atom. The van der Waals surface area contributed by atoms with E-state index in [-0.39, 0.29) is 11.3 Å². The number of amides is 1. The Kier molecular flexibility index (Phi) is 6.63. The van der Waals surface area contributed by atoms with E-state index < -0.39 is 17.7 Å². The van der Waals surface area contributed by atoms with Crippen LogP contribution >= 0.6 is 0 Å². The second-order valence-corrected chi connectivity index (χ2v) is 8.90. The molecule has 1 N–H and O–H groups in total. The van der Waals surface area contributed by atoms with Crippen LogP contribution in [0, 0.1) is 0 Å². The van der Waals surface area contributed by atoms with Gasteiger partial charge in [-0.05, 0) is 68.8 Å². The molecule has 0 spiro atoms. The van der Waals surface area contributed by atoms with E-state index in [0.717, 1.165) is 31.5 Å². The first-order valence-electron chi connectivity index (χ1n) is 12.2. The number of Topliss-reactive ketones (excluding diaryl/α,β-unsaturated/α-hetero) is 1. The number of nitrogens with zero attached hydrogens (tertiary/aromatic N) is 2. The van der Waals surface area contributed by atoms with Crippen LogP contribution in [0.5, 0.6) is 17.2 Å². The molecule has 184 valence electrons. The Morgan fingerprint density at radius 1 is 1.00 bits per heavy atom. The lowest BCUT2D eigenvalue weighted by Gasteiger charge is -2.27. The minimum atomic E-state index is -0.693. The Bertz CT molecular complexity index is 1140. The molecule has 2 aromatic rings. The zero-order valence-electron chi connectivity index (χ0n) is 19.9. The van der Waals surface area contributed by atoms with Crippen molar-refractivity contribution in [1.82, 2.24) is 9.80 Å². The molecule has 0 aromatic heterocycles. The average Bonchev–Trinajstić information content (AvgIpc) is 3.49. The van der Waals surface area contributed by atoms with Gasteiger partial charge in [-0.25, -0.2) is 0 Å². The van der Waals surface area contributed by atoms with Crippen molar-refractivity contribution in [3.05, 3.63) is 59.2 Å². The molecule has 3 aliphatic rings. The van der Waals surface area contributed by atoms with Crippen molar-refractivity contribution < 1.29 is 28.9 Å². The summed E-state index contributed by atoms with van der Waals surface area (Å²) in [6.45, 7) is 6.39. The monoisotopic (exact) mass is 478 g/mol. The first kappa shape index (κ1) is 23.2. The molecule has 1 amide bonds. The number of fused-ring (bicyclic) bond motifs is 1. The van der Waals surface area contributed by atoms with Crippen molar-refractivity contribution in [2.45, 2.75) is 25.8 Å². The SMILES string of the molecule is CCOc1ccc(C2/C(=C(\O)c3ccc4c(c3)OCCO4)C(=O)C(=O)N2CCN2CCCC2)cc1. The number of likely N-dealkylation sites (tertiary alicyclic amines) is 2. The van der Waals surface area contributed by atoms with Gasteiger partial charge in [-0.15, -0.1) is 0 Å². The molecule has 1 atom stereocenters. The molecule has 8 nitrogen and oxygen atoms in total. The van der Waals surface area contributed by atoms with Crippen molar-refractivity contribution in [2.75, 3.05) is 46.0 Å². The van der Waals surface area contributed by atoms with Gasteiger partial charge in [0.05, 0.1) is 18.2 Å². The summed E-state index contributed by atoms with van der Waals surface area (Å²) >= 11 is 0. The summed E-state index contributed by atoms with van der Waals surface area (Å²) in [5.41, 5.74) is 1.23. The van der Waals surface area contributed by atoms with E-state index >= 15 is 0 Å². The molecule has 0 radical (unpaired) electrons. The zero-order chi connectivity index (χ0) is 24.4. The number of carbonyl (C=O) groups is 2. The largest absolute Gasteiger partial charge is 0.507 e. The van der Waals surface area contributed by atoms with Gasteiger partial charge in [0.2, 0.25) is 0 Å². The summed E-state index contributed by atoms with van der Waals surface area (Å²) in [4.78, 5) is 30.3. The van der Waals surface area contributed by atoms with E-state index in [1.807, 2.05) is 31.2 Å². The number of hydrogen-bond donors (Lipinski definition) is 1. The lowest BCUT2D eigenvalue weighted by Crippen LogP contribution is -2.37. The van der Waals surface area contributed by atoms with E-state index in [4.69, 9.17) is 14.2 Å². The van der Waals surface area contributed by atoms with Gasteiger partial charge in [0.15, 0.2) is 11.5 Å². The number of ketones is 1. The van der Waals surface area contributed by atoms with E-state index in [0.29, 0.717) is 55.7 Å². The molecule has 2 fully saturated rings. The number of aliphatic hydroxyl groups is 1. The molecule has 2 saturated heterocycles. The van der Waals surface area contributed by atoms with Gasteiger partial charge in [0, 0.05) is 18.7 Å². The highest BCUT2D eigenvalue weighted by Gasteiger charge is 2.46. The summed E-state index contributed by atoms with van der Waals surface area (Å²) in [5, 5.41) is 11.3. The van der Waals surface area contributed by atoms with Crippen LogP contribution in [0.1, 0.15) is 36.9 Å². The number of carbonyl (C=O) groups excluding carboxylic acids is 2. The van der Waals surface area contributed by atoms with E-state index in [9.17, 15) is 14.7 Å². The second kappa shape index (κ2) is 10.00. The zero-order valence-corrected chi connectivity index (χ0v) is 19.9. The van der Waals surface area contributed by atoms with E-state index in [1.165, 1.54) is 0 Å². The molecule has 1 unspecified atom stereocenters. The van der Waals surface area contributed by atoms with E-state index in [1.54, 1.807) is 23.1 Å². The molecular formula is C27H30N2O6. The van der Waals surface area contributed by atoms with Crippen molar-refractivity contribution in [1.29, 1.82) is 0 Å². The van der Waals surface area contributed by atoms with Gasteiger partial charge < -0.3 is 29.1 Å². The Labute approximate surface area is 204 Å². The van der Waals surface area contributed by atoms with Crippen molar-refractivity contribution in [3.8, 4) is 17.2 Å². The van der Waals surface area contributed by atoms with Gasteiger partial charge in [-0.1, -0.05) is 12.1 Å². The van der Waals surface area contributed by atoms with Gasteiger partial charge in [0.25, 0.3) is 11.7 Å². The Morgan fingerprint density at radius 3 is 2.43 bits per heavy atom. The van der Waals surface area contributed by atoms with E-state index in [2.05, 4.69) is 4.90 Å². The van der Waals surface area contributed by atoms with Crippen LogP contribution in [-0.2, 0) is 9.59 Å². The maximum Gasteiger partial charge on any atom is 0.295 e. The van der Waals surface area contributed by atoms with Gasteiger partial charge in [0.1, 0.15) is 24.7 Å². The average molecular weight is 479 g/mol. The number of aliphatic hydroxyl groups excluding tert-OH is 1. The predicted molar refractivity (Wildman–Crippen MR) is 130 cm³/mol. The molecule has 8 heteroatoms. The van der Waals surface area contributed by atoms with Gasteiger partial charge >= 0.3 is 0 Å². The lowest BCUT2D eigenvalue weighted by molar-refractivity contribution is -0.140. The fourth-order valence-corrected chi connectivity index (χ4v) is 4.97. The normalized spacial score (nSPS) is 21.5. The van der Waals surface area contributed by atoms with Crippen LogP contribution in [0.4, 0.5) is 0 Å². The number of ether oxygens (including phenoxy) is 3. The maximum absolute atomic E-state index is 13.3. The summed E-state index contributed by atoms with van der Waals surface area (Å²) < 4.78 is 16.8. The second-order valence-electron chi connectivity index (χ2n) is 8.90. The summed E-state index contributed by atoms with van der Waals surface area (Å²) in [6.07, 6.45) is 2.29. The van der Waals surface area contributed by atoms with Crippen LogP contribution in [0.2, 0.25) is 0 Å². The quantitative estimate of drug-likeness (QED) is 0.371. The first-order chi connectivity index (χ1) is 17.1. The molecule has 3 aliphatic heterocycles. The maximum atomic E-state index is 13.3. The third kappa shape index (κ3) is 4.58. The van der Waals surface area contributed by atoms with Gasteiger partial charge in [-0.3, -0.25) is 9.59 Å².